The maximum atomic E-state index is 17.5. The molecule has 7 aromatic rings. The molecule has 4 fully saturated rings. The smallest absolute Gasteiger partial charge is 0.420 e. The number of nitrogen functional groups attached to an aromatic ring is 2. The topological polar surface area (TPSA) is 274 Å². The fourth-order valence-corrected chi connectivity index (χ4v) is 13.3. The highest BCUT2D eigenvalue weighted by Gasteiger charge is 2.50. The number of piperidine rings is 2. The van der Waals surface area contributed by atoms with E-state index in [0.717, 1.165) is 42.7 Å². The van der Waals surface area contributed by atoms with Crippen molar-refractivity contribution < 1.29 is 46.5 Å². The Morgan fingerprint density at radius 3 is 2.60 bits per heavy atom. The molecule has 4 aromatic heterocycles. The van der Waals surface area contributed by atoms with Gasteiger partial charge in [0.25, 0.3) is 0 Å². The van der Waals surface area contributed by atoms with Crippen LogP contribution in [0.3, 0.4) is 0 Å². The number of carbonyl (C=O) groups excluding carboxylic acids is 3. The average Bonchev–Trinajstić information content (AvgIpc) is 4.31. The van der Waals surface area contributed by atoms with Crippen LogP contribution >= 0.6 is 11.3 Å². The normalized spacial score (nSPS) is 20.6. The van der Waals surface area contributed by atoms with E-state index in [1.165, 1.54) is 27.5 Å². The summed E-state index contributed by atoms with van der Waals surface area (Å²) in [5, 5.41) is 29.5. The molecule has 0 radical (unpaired) electrons. The van der Waals surface area contributed by atoms with Gasteiger partial charge in [0.05, 0.1) is 52.8 Å². The van der Waals surface area contributed by atoms with Crippen LogP contribution < -0.4 is 37.8 Å². The van der Waals surface area contributed by atoms with Gasteiger partial charge in [-0.2, -0.15) is 28.4 Å². The number of phenols is 1. The van der Waals surface area contributed by atoms with Crippen molar-refractivity contribution in [1.82, 2.24) is 44.5 Å². The number of fused-ring (bicyclic) bond motifs is 4. The number of imide groups is 1. The van der Waals surface area contributed by atoms with Crippen LogP contribution in [0.2, 0.25) is 0 Å². The van der Waals surface area contributed by atoms with Crippen molar-refractivity contribution in [2.45, 2.75) is 87.7 Å². The van der Waals surface area contributed by atoms with E-state index in [1.807, 2.05) is 24.3 Å². The molecule has 4 aliphatic heterocycles. The number of rotatable bonds is 15. The number of thiophene rings is 1. The van der Waals surface area contributed by atoms with Crippen LogP contribution in [0.25, 0.3) is 43.1 Å². The van der Waals surface area contributed by atoms with E-state index >= 15 is 17.6 Å². The highest BCUT2D eigenvalue weighted by atomic mass is 32.1. The number of pyridine rings is 1. The SMILES string of the molecule is CC(Nc1nc(OC[C@@]23CCCN2CC(OCCNC(=O)CN2CCC(c4cccc5c4n(C4CCC(=O)NC4=O)c(=O)n5C)CC2)C3)nc2c(F)c(-c3cccc4sc(N)c(C#N)c34)c(C(F)(F)F)c(O)c12)c1cccnc1N. The minimum Gasteiger partial charge on any atom is -0.506 e. The zero-order valence-corrected chi connectivity index (χ0v) is 44.5. The summed E-state index contributed by atoms with van der Waals surface area (Å²) in [4.78, 5) is 68.9. The highest BCUT2D eigenvalue weighted by Crippen LogP contribution is 2.52. The van der Waals surface area contributed by atoms with E-state index in [-0.39, 0.29) is 108 Å². The summed E-state index contributed by atoms with van der Waals surface area (Å²) in [7, 11) is 1.68. The van der Waals surface area contributed by atoms with Crippen molar-refractivity contribution in [2.75, 3.05) is 69.3 Å². The number of amides is 3. The average molecular weight is 1120 g/mol. The minimum atomic E-state index is -5.32. The Hall–Kier alpha value is -7.92. The van der Waals surface area contributed by atoms with Crippen LogP contribution in [0.1, 0.15) is 92.1 Å². The molecule has 20 nitrogen and oxygen atoms in total. The molecule has 4 saturated heterocycles. The van der Waals surface area contributed by atoms with Crippen molar-refractivity contribution in [3.8, 4) is 29.0 Å². The van der Waals surface area contributed by atoms with E-state index in [4.69, 9.17) is 20.9 Å². The number of phenolic OH excluding ortho intramolecular Hbond substituents is 1. The number of benzene rings is 3. The van der Waals surface area contributed by atoms with E-state index in [2.05, 4.69) is 40.7 Å². The first kappa shape index (κ1) is 54.1. The molecule has 418 valence electrons. The van der Waals surface area contributed by atoms with Gasteiger partial charge in [-0.25, -0.2) is 14.2 Å². The molecular formula is C55H57F4N13O7S. The molecule has 8 heterocycles. The number of alkyl halides is 3. The Balaban J connectivity index is 0.765. The van der Waals surface area contributed by atoms with Crippen LogP contribution in [-0.2, 0) is 32.3 Å². The molecule has 3 aromatic carbocycles. The van der Waals surface area contributed by atoms with Crippen LogP contribution in [-0.4, -0.2) is 121 Å². The second-order valence-corrected chi connectivity index (χ2v) is 22.1. The Morgan fingerprint density at radius 2 is 1.85 bits per heavy atom. The first-order valence-corrected chi connectivity index (χ1v) is 27.2. The molecule has 25 heteroatoms. The molecule has 4 atom stereocenters. The third-order valence-corrected chi connectivity index (χ3v) is 17.2. The van der Waals surface area contributed by atoms with E-state index < -0.39 is 63.3 Å². The van der Waals surface area contributed by atoms with Gasteiger partial charge in [0.1, 0.15) is 52.2 Å². The standard InChI is InChI=1S/C55H57F4N13O7S/c1-28(31-9-5-17-64-48(31)61)65-50-42-45(44(56)41(43(47(42)75)55(57,58)59)33-8-4-11-37-40(33)34(24-60)49(62)80-37)67-52(68-50)79-27-54-16-6-19-71(54)25-30(23-54)78-22-18-63-39(74)26-70-20-14-29(15-21-70)32-7-3-10-35-46(32)72(53(77)69(35)2)36-12-13-38(73)66-51(36)76/h3-5,7-11,17,28-30,36,75H,6,12-16,18-23,25-27,62H2,1-2H3,(H2,61,64)(H,63,74)(H,65,67,68)(H,66,73,76)/t28?,30?,36?,54-/m0/s1. The van der Waals surface area contributed by atoms with Gasteiger partial charge in [-0.15, -0.1) is 11.3 Å². The van der Waals surface area contributed by atoms with Crippen molar-refractivity contribution >= 4 is 77.7 Å². The number of nitrogens with one attached hydrogen (secondary N) is 3. The molecule has 8 N–H and O–H groups in total. The first-order chi connectivity index (χ1) is 38.3. The summed E-state index contributed by atoms with van der Waals surface area (Å²) in [5.41, 5.74) is 10.3. The molecule has 4 aliphatic rings. The molecule has 0 aliphatic carbocycles. The van der Waals surface area contributed by atoms with Crippen molar-refractivity contribution in [2.24, 2.45) is 7.05 Å². The number of imidazole rings is 1. The van der Waals surface area contributed by atoms with Crippen molar-refractivity contribution in [3.05, 3.63) is 93.3 Å². The van der Waals surface area contributed by atoms with Gasteiger partial charge in [-0.3, -0.25) is 38.6 Å². The number of anilines is 3. The molecule has 11 rings (SSSR count). The number of aromatic nitrogens is 5. The molecule has 0 bridgehead atoms. The lowest BCUT2D eigenvalue weighted by Gasteiger charge is -2.32. The lowest BCUT2D eigenvalue weighted by Crippen LogP contribution is -2.44. The number of likely N-dealkylation sites (tertiary alicyclic amines) is 1. The predicted octanol–water partition coefficient (Wildman–Crippen LogP) is 6.61. The Bertz CT molecular complexity index is 3740. The van der Waals surface area contributed by atoms with Gasteiger partial charge in [0.15, 0.2) is 5.82 Å². The third-order valence-electron chi connectivity index (χ3n) is 16.2. The fourth-order valence-electron chi connectivity index (χ4n) is 12.4. The maximum Gasteiger partial charge on any atom is 0.420 e. The van der Waals surface area contributed by atoms with Gasteiger partial charge < -0.3 is 36.7 Å². The summed E-state index contributed by atoms with van der Waals surface area (Å²) in [6.45, 7) is 4.86. The monoisotopic (exact) mass is 1120 g/mol. The number of halogens is 4. The second-order valence-electron chi connectivity index (χ2n) is 21.0. The van der Waals surface area contributed by atoms with E-state index in [9.17, 15) is 29.5 Å². The van der Waals surface area contributed by atoms with E-state index in [0.29, 0.717) is 53.8 Å². The minimum absolute atomic E-state index is 0.00351. The number of aryl methyl sites for hydroxylation is 1. The summed E-state index contributed by atoms with van der Waals surface area (Å²) in [6, 6.07) is 13.2. The Labute approximate surface area is 458 Å². The number of nitrogens with two attached hydrogens (primary N) is 2. The molecule has 3 unspecified atom stereocenters. The lowest BCUT2D eigenvalue weighted by atomic mass is 9.88. The van der Waals surface area contributed by atoms with E-state index in [1.54, 1.807) is 32.2 Å². The second kappa shape index (κ2) is 21.3. The van der Waals surface area contributed by atoms with Crippen molar-refractivity contribution in [3.63, 3.8) is 0 Å². The number of hydrogen-bond donors (Lipinski definition) is 6. The zero-order valence-electron chi connectivity index (χ0n) is 43.7. The molecule has 0 spiro atoms. The predicted molar refractivity (Wildman–Crippen MR) is 290 cm³/mol. The third kappa shape index (κ3) is 9.76. The number of para-hydroxylation sites is 1. The first-order valence-electron chi connectivity index (χ1n) is 26.4. The highest BCUT2D eigenvalue weighted by molar-refractivity contribution is 7.23. The molecule has 80 heavy (non-hydrogen) atoms. The van der Waals surface area contributed by atoms with Crippen LogP contribution in [0.5, 0.6) is 11.8 Å². The number of nitriles is 1. The Kier molecular flexibility index (Phi) is 14.4. The number of ether oxygens (including phenoxy) is 2. The van der Waals surface area contributed by atoms with Gasteiger partial charge >= 0.3 is 17.9 Å². The van der Waals surface area contributed by atoms with Crippen LogP contribution in [0.15, 0.2) is 59.5 Å². The molecular weight excluding hydrogens is 1060 g/mol. The van der Waals surface area contributed by atoms with Crippen LogP contribution in [0, 0.1) is 17.1 Å². The van der Waals surface area contributed by atoms with Gasteiger partial charge in [-0.1, -0.05) is 30.3 Å². The summed E-state index contributed by atoms with van der Waals surface area (Å²) >= 11 is 0.959. The summed E-state index contributed by atoms with van der Waals surface area (Å²) in [6.07, 6.45) is -0.223. The number of hydrogen-bond acceptors (Lipinski definition) is 17. The quantitative estimate of drug-likeness (QED) is 0.0358. The van der Waals surface area contributed by atoms with Crippen molar-refractivity contribution in [1.29, 1.82) is 5.26 Å². The van der Waals surface area contributed by atoms with Gasteiger partial charge in [0.2, 0.25) is 17.7 Å². The number of nitrogens with zero attached hydrogens (tertiary/aromatic N) is 8. The molecule has 0 saturated carbocycles. The van der Waals surface area contributed by atoms with Gasteiger partial charge in [-0.05, 0) is 100 Å². The maximum absolute atomic E-state index is 17.5. The number of carbonyl (C=O) groups is 3. The van der Waals surface area contributed by atoms with Gasteiger partial charge in [0, 0.05) is 54.0 Å². The Morgan fingerprint density at radius 1 is 1.06 bits per heavy atom. The van der Waals surface area contributed by atoms with Crippen LogP contribution in [0.4, 0.5) is 34.2 Å². The lowest BCUT2D eigenvalue weighted by molar-refractivity contribution is -0.138. The summed E-state index contributed by atoms with van der Waals surface area (Å²) in [5.74, 6) is -3.97. The zero-order chi connectivity index (χ0) is 56.4. The fraction of sp³-hybridized carbons (Fsp3) is 0.418. The largest absolute Gasteiger partial charge is 0.506 e. The molecule has 3 amide bonds. The summed E-state index contributed by atoms with van der Waals surface area (Å²) < 4.78 is 79.6. The number of aromatic hydroxyl groups is 1.